The fraction of sp³-hybridized carbons (Fsp3) is 0. The van der Waals surface area contributed by atoms with Crippen molar-refractivity contribution < 1.29 is 0 Å². The third kappa shape index (κ3) is 6.47. The van der Waals surface area contributed by atoms with Crippen LogP contribution in [0, 0.1) is 22.7 Å². The van der Waals surface area contributed by atoms with Crippen LogP contribution in [-0.2, 0) is 0 Å². The van der Waals surface area contributed by atoms with E-state index in [4.69, 9.17) is 15.0 Å². The lowest BCUT2D eigenvalue weighted by molar-refractivity contribution is 1.07. The monoisotopic (exact) mass is 752 g/mol. The Kier molecular flexibility index (Phi) is 8.84. The maximum atomic E-state index is 10.2. The summed E-state index contributed by atoms with van der Waals surface area (Å²) in [6, 6.07) is 69.8. The Morgan fingerprint density at radius 3 is 1.34 bits per heavy atom. The molecule has 6 nitrogen and oxygen atoms in total. The Morgan fingerprint density at radius 2 is 0.797 bits per heavy atom. The van der Waals surface area contributed by atoms with E-state index < -0.39 is 0 Å². The highest BCUT2D eigenvalue weighted by Crippen LogP contribution is 2.44. The van der Waals surface area contributed by atoms with Crippen LogP contribution in [0.2, 0.25) is 0 Å². The van der Waals surface area contributed by atoms with E-state index in [1.807, 2.05) is 115 Å². The van der Waals surface area contributed by atoms with Gasteiger partial charge in [0.2, 0.25) is 0 Å². The average Bonchev–Trinajstić information content (AvgIpc) is 3.65. The van der Waals surface area contributed by atoms with Gasteiger partial charge in [-0.2, -0.15) is 10.5 Å². The second kappa shape index (κ2) is 14.9. The molecule has 6 heteroatoms. The van der Waals surface area contributed by atoms with Gasteiger partial charge in [0, 0.05) is 38.6 Å². The lowest BCUT2D eigenvalue weighted by Gasteiger charge is -2.21. The highest BCUT2D eigenvalue weighted by atomic mass is 15.0. The molecule has 2 heterocycles. The van der Waals surface area contributed by atoms with Gasteiger partial charge < -0.3 is 4.57 Å². The van der Waals surface area contributed by atoms with Crippen LogP contribution in [0.4, 0.5) is 0 Å². The maximum Gasteiger partial charge on any atom is 0.164 e. The van der Waals surface area contributed by atoms with Crippen LogP contribution in [0.15, 0.2) is 194 Å². The van der Waals surface area contributed by atoms with Crippen LogP contribution in [0.3, 0.4) is 0 Å². The number of para-hydroxylation sites is 1. The summed E-state index contributed by atoms with van der Waals surface area (Å²) < 4.78 is 2.32. The molecule has 0 fully saturated rings. The molecule has 59 heavy (non-hydrogen) atoms. The minimum Gasteiger partial charge on any atom is -0.308 e. The predicted molar refractivity (Wildman–Crippen MR) is 236 cm³/mol. The van der Waals surface area contributed by atoms with Crippen LogP contribution >= 0.6 is 0 Å². The van der Waals surface area contributed by atoms with Crippen LogP contribution in [0.5, 0.6) is 0 Å². The van der Waals surface area contributed by atoms with E-state index in [2.05, 4.69) is 95.6 Å². The lowest BCUT2D eigenvalue weighted by Crippen LogP contribution is -2.04. The van der Waals surface area contributed by atoms with E-state index >= 15 is 0 Å². The van der Waals surface area contributed by atoms with E-state index in [9.17, 15) is 10.5 Å². The normalized spacial score (nSPS) is 11.0. The molecule has 2 aromatic heterocycles. The second-order valence-electron chi connectivity index (χ2n) is 14.3. The predicted octanol–water partition coefficient (Wildman–Crippen LogP) is 12.7. The van der Waals surface area contributed by atoms with E-state index in [1.54, 1.807) is 0 Å². The number of nitriles is 2. The Bertz CT molecular complexity index is 3150. The highest BCUT2D eigenvalue weighted by Gasteiger charge is 2.24. The average molecular weight is 753 g/mol. The molecule has 0 aliphatic rings. The first-order valence-electron chi connectivity index (χ1n) is 19.3. The molecule has 0 unspecified atom stereocenters. The van der Waals surface area contributed by atoms with Crippen molar-refractivity contribution in [2.75, 3.05) is 0 Å². The quantitative estimate of drug-likeness (QED) is 0.162. The lowest BCUT2D eigenvalue weighted by atomic mass is 9.91. The van der Waals surface area contributed by atoms with Gasteiger partial charge in [0.1, 0.15) is 0 Å². The molecule has 0 atom stereocenters. The molecule has 8 aromatic carbocycles. The molecule has 274 valence electrons. The van der Waals surface area contributed by atoms with Crippen LogP contribution in [0.25, 0.3) is 95.0 Å². The van der Waals surface area contributed by atoms with Gasteiger partial charge in [-0.05, 0) is 76.9 Å². The van der Waals surface area contributed by atoms with Gasteiger partial charge in [0.15, 0.2) is 17.5 Å². The molecule has 0 saturated heterocycles. The molecular formula is C53H32N6. The molecule has 0 bridgehead atoms. The van der Waals surface area contributed by atoms with Crippen molar-refractivity contribution >= 4 is 21.8 Å². The maximum absolute atomic E-state index is 10.2. The minimum atomic E-state index is 0.495. The molecule has 10 rings (SSSR count). The molecule has 0 radical (unpaired) electrons. The molecule has 0 aliphatic carbocycles. The van der Waals surface area contributed by atoms with E-state index in [0.717, 1.165) is 77.6 Å². The number of fused-ring (bicyclic) bond motifs is 3. The van der Waals surface area contributed by atoms with Gasteiger partial charge in [-0.1, -0.05) is 140 Å². The first-order chi connectivity index (χ1) is 29.1. The number of rotatable bonds is 7. The number of benzene rings is 8. The summed E-state index contributed by atoms with van der Waals surface area (Å²) in [7, 11) is 0. The zero-order chi connectivity index (χ0) is 39.7. The smallest absolute Gasteiger partial charge is 0.164 e. The topological polar surface area (TPSA) is 91.2 Å². The Labute approximate surface area is 341 Å². The minimum absolute atomic E-state index is 0.495. The number of hydrogen-bond acceptors (Lipinski definition) is 5. The van der Waals surface area contributed by atoms with Gasteiger partial charge >= 0.3 is 0 Å². The van der Waals surface area contributed by atoms with Crippen molar-refractivity contribution in [1.82, 2.24) is 19.5 Å². The van der Waals surface area contributed by atoms with Crippen molar-refractivity contribution in [3.8, 4) is 85.4 Å². The van der Waals surface area contributed by atoms with Gasteiger partial charge in [0.25, 0.3) is 0 Å². The number of hydrogen-bond donors (Lipinski definition) is 0. The SMILES string of the molecule is N#Cc1cccc(-c2cc(-c3nc(-c4ccccc4)nc(-c4ccccc4)n3)cc(-c3cccc(C#N)c3)c2-n2c3ccccc3c3cc(-c4ccccc4)ccc32)c1. The fourth-order valence-electron chi connectivity index (χ4n) is 7.92. The van der Waals surface area contributed by atoms with Gasteiger partial charge in [-0.25, -0.2) is 15.0 Å². The van der Waals surface area contributed by atoms with Crippen LogP contribution in [-0.4, -0.2) is 19.5 Å². The summed E-state index contributed by atoms with van der Waals surface area (Å²) in [6.45, 7) is 0. The molecule has 0 N–H and O–H groups in total. The third-order valence-corrected chi connectivity index (χ3v) is 10.7. The first kappa shape index (κ1) is 35.0. The summed E-state index contributed by atoms with van der Waals surface area (Å²) in [5.74, 6) is 1.60. The fourth-order valence-corrected chi connectivity index (χ4v) is 7.92. The van der Waals surface area contributed by atoms with Gasteiger partial charge in [-0.15, -0.1) is 0 Å². The summed E-state index contributed by atoms with van der Waals surface area (Å²) in [5.41, 5.74) is 12.2. The molecule has 0 spiro atoms. The van der Waals surface area contributed by atoms with E-state index in [0.29, 0.717) is 28.6 Å². The molecular weight excluding hydrogens is 721 g/mol. The van der Waals surface area contributed by atoms with Gasteiger partial charge in [-0.3, -0.25) is 0 Å². The van der Waals surface area contributed by atoms with Gasteiger partial charge in [0.05, 0.1) is 40.0 Å². The summed E-state index contributed by atoms with van der Waals surface area (Å²) in [4.78, 5) is 15.2. The highest BCUT2D eigenvalue weighted by molar-refractivity contribution is 6.12. The Morgan fingerprint density at radius 1 is 0.339 bits per heavy atom. The van der Waals surface area contributed by atoms with Crippen molar-refractivity contribution in [3.63, 3.8) is 0 Å². The van der Waals surface area contributed by atoms with E-state index in [1.165, 1.54) is 0 Å². The van der Waals surface area contributed by atoms with Crippen molar-refractivity contribution in [1.29, 1.82) is 10.5 Å². The van der Waals surface area contributed by atoms with Crippen molar-refractivity contribution in [3.05, 3.63) is 205 Å². The largest absolute Gasteiger partial charge is 0.308 e. The number of aromatic nitrogens is 4. The van der Waals surface area contributed by atoms with Crippen LogP contribution < -0.4 is 0 Å². The zero-order valence-corrected chi connectivity index (χ0v) is 31.7. The summed E-state index contributed by atoms with van der Waals surface area (Å²) in [6.07, 6.45) is 0. The summed E-state index contributed by atoms with van der Waals surface area (Å²) >= 11 is 0. The van der Waals surface area contributed by atoms with Crippen molar-refractivity contribution in [2.24, 2.45) is 0 Å². The van der Waals surface area contributed by atoms with Crippen molar-refractivity contribution in [2.45, 2.75) is 0 Å². The third-order valence-electron chi connectivity index (χ3n) is 10.7. The molecule has 0 saturated carbocycles. The Balaban J connectivity index is 1.33. The molecule has 10 aromatic rings. The summed E-state index contributed by atoms with van der Waals surface area (Å²) in [5, 5.41) is 22.5. The molecule has 0 amide bonds. The molecule has 0 aliphatic heterocycles. The first-order valence-corrected chi connectivity index (χ1v) is 19.3. The zero-order valence-electron chi connectivity index (χ0n) is 31.7. The standard InChI is InChI=1S/C53H32N6/c54-33-35-14-12-22-41(28-35)45-31-43(53-57-51(38-18-6-2-7-19-38)56-52(58-53)39-20-8-3-9-21-39)32-46(42-23-13-15-36(29-42)34-55)50(45)59-48-25-11-10-24-44(48)47-30-40(26-27-49(47)59)37-16-4-1-5-17-37/h1-32H. The Hall–Kier alpha value is -8.45. The van der Waals surface area contributed by atoms with E-state index in [-0.39, 0.29) is 0 Å². The second-order valence-corrected chi connectivity index (χ2v) is 14.3. The van der Waals surface area contributed by atoms with Crippen LogP contribution in [0.1, 0.15) is 11.1 Å². The number of nitrogens with zero attached hydrogens (tertiary/aromatic N) is 6.